The molecule has 1 N–H and O–H groups in total. The number of aliphatic hydroxyl groups is 1. The molecule has 0 bridgehead atoms. The van der Waals surface area contributed by atoms with Gasteiger partial charge < -0.3 is 5.11 Å². The highest BCUT2D eigenvalue weighted by atomic mass is 16.3. The van der Waals surface area contributed by atoms with Crippen LogP contribution in [0, 0.1) is 5.92 Å². The summed E-state index contributed by atoms with van der Waals surface area (Å²) >= 11 is 0. The third kappa shape index (κ3) is 2.28. The Labute approximate surface area is 112 Å². The van der Waals surface area contributed by atoms with Gasteiger partial charge in [0, 0.05) is 12.6 Å². The molecule has 1 aliphatic carbocycles. The predicted octanol–water partition coefficient (Wildman–Crippen LogP) is 1.67. The fourth-order valence-corrected chi connectivity index (χ4v) is 2.54. The molecule has 1 unspecified atom stereocenters. The molecular weight excluding hydrogens is 242 g/mol. The molecule has 3 rings (SSSR count). The van der Waals surface area contributed by atoms with E-state index < -0.39 is 6.10 Å². The molecular formula is C15H17NO3. The summed E-state index contributed by atoms with van der Waals surface area (Å²) in [5.74, 6) is 0.182. The SMILES string of the molecule is CN1C(=O)Cc2ccc(C(O)CC3CC3)cc2C1=O. The zero-order chi connectivity index (χ0) is 13.6. The third-order valence-electron chi connectivity index (χ3n) is 4.02. The first-order valence-corrected chi connectivity index (χ1v) is 6.68. The lowest BCUT2D eigenvalue weighted by Crippen LogP contribution is -2.39. The van der Waals surface area contributed by atoms with E-state index in [1.54, 1.807) is 12.1 Å². The molecule has 2 amide bonds. The van der Waals surface area contributed by atoms with E-state index in [4.69, 9.17) is 0 Å². The van der Waals surface area contributed by atoms with Crippen LogP contribution in [0.25, 0.3) is 0 Å². The fourth-order valence-electron chi connectivity index (χ4n) is 2.54. The summed E-state index contributed by atoms with van der Waals surface area (Å²) in [6.45, 7) is 0. The van der Waals surface area contributed by atoms with E-state index in [-0.39, 0.29) is 18.2 Å². The molecule has 0 saturated heterocycles. The van der Waals surface area contributed by atoms with Crippen molar-refractivity contribution in [3.63, 3.8) is 0 Å². The number of rotatable bonds is 3. The van der Waals surface area contributed by atoms with Crippen LogP contribution < -0.4 is 0 Å². The van der Waals surface area contributed by atoms with Crippen LogP contribution in [0.2, 0.25) is 0 Å². The van der Waals surface area contributed by atoms with Crippen LogP contribution in [-0.2, 0) is 11.2 Å². The van der Waals surface area contributed by atoms with Gasteiger partial charge in [-0.15, -0.1) is 0 Å². The van der Waals surface area contributed by atoms with Crippen LogP contribution in [0.1, 0.15) is 46.9 Å². The van der Waals surface area contributed by atoms with Gasteiger partial charge in [0.2, 0.25) is 5.91 Å². The lowest BCUT2D eigenvalue weighted by molar-refractivity contribution is -0.127. The summed E-state index contributed by atoms with van der Waals surface area (Å²) in [7, 11) is 1.50. The zero-order valence-electron chi connectivity index (χ0n) is 10.9. The van der Waals surface area contributed by atoms with E-state index >= 15 is 0 Å². The minimum Gasteiger partial charge on any atom is -0.388 e. The monoisotopic (exact) mass is 259 g/mol. The quantitative estimate of drug-likeness (QED) is 0.840. The Kier molecular flexibility index (Phi) is 2.90. The first-order valence-electron chi connectivity index (χ1n) is 6.68. The van der Waals surface area contributed by atoms with Crippen molar-refractivity contribution in [1.82, 2.24) is 4.90 Å². The van der Waals surface area contributed by atoms with E-state index in [2.05, 4.69) is 0 Å². The summed E-state index contributed by atoms with van der Waals surface area (Å²) in [5.41, 5.74) is 2.09. The van der Waals surface area contributed by atoms with Gasteiger partial charge in [-0.05, 0) is 29.5 Å². The van der Waals surface area contributed by atoms with E-state index in [9.17, 15) is 14.7 Å². The van der Waals surface area contributed by atoms with Crippen LogP contribution in [0.5, 0.6) is 0 Å². The second-order valence-electron chi connectivity index (χ2n) is 5.55. The van der Waals surface area contributed by atoms with E-state index in [0.29, 0.717) is 11.5 Å². The number of nitrogens with zero attached hydrogens (tertiary/aromatic N) is 1. The number of fused-ring (bicyclic) bond motifs is 1. The average molecular weight is 259 g/mol. The summed E-state index contributed by atoms with van der Waals surface area (Å²) in [4.78, 5) is 24.8. The highest BCUT2D eigenvalue weighted by Crippen LogP contribution is 2.38. The molecule has 1 heterocycles. The normalized spacial score (nSPS) is 20.4. The first kappa shape index (κ1) is 12.4. The van der Waals surface area contributed by atoms with Crippen molar-refractivity contribution in [2.24, 2.45) is 5.92 Å². The Morgan fingerprint density at radius 3 is 2.79 bits per heavy atom. The molecule has 1 aromatic carbocycles. The summed E-state index contributed by atoms with van der Waals surface area (Å²) in [5, 5.41) is 10.1. The number of likely N-dealkylation sites (N-methyl/N-ethyl adjacent to an activating group) is 1. The van der Waals surface area contributed by atoms with E-state index in [1.165, 1.54) is 19.9 Å². The lowest BCUT2D eigenvalue weighted by atomic mass is 9.93. The number of benzene rings is 1. The van der Waals surface area contributed by atoms with Crippen molar-refractivity contribution >= 4 is 11.8 Å². The maximum Gasteiger partial charge on any atom is 0.260 e. The largest absolute Gasteiger partial charge is 0.388 e. The number of carbonyl (C=O) groups excluding carboxylic acids is 2. The molecule has 0 radical (unpaired) electrons. The van der Waals surface area contributed by atoms with Gasteiger partial charge in [0.05, 0.1) is 12.5 Å². The minimum absolute atomic E-state index is 0.177. The molecule has 19 heavy (non-hydrogen) atoms. The van der Waals surface area contributed by atoms with Gasteiger partial charge in [-0.1, -0.05) is 25.0 Å². The van der Waals surface area contributed by atoms with Crippen LogP contribution in [0.4, 0.5) is 0 Å². The van der Waals surface area contributed by atoms with Gasteiger partial charge in [0.1, 0.15) is 0 Å². The van der Waals surface area contributed by atoms with Crippen molar-refractivity contribution < 1.29 is 14.7 Å². The van der Waals surface area contributed by atoms with Gasteiger partial charge in [0.25, 0.3) is 5.91 Å². The molecule has 2 aliphatic rings. The van der Waals surface area contributed by atoms with Gasteiger partial charge >= 0.3 is 0 Å². The number of hydrogen-bond acceptors (Lipinski definition) is 3. The number of hydrogen-bond donors (Lipinski definition) is 1. The van der Waals surface area contributed by atoms with Gasteiger partial charge in [-0.3, -0.25) is 14.5 Å². The number of amides is 2. The van der Waals surface area contributed by atoms with Crippen molar-refractivity contribution in [3.05, 3.63) is 34.9 Å². The number of carbonyl (C=O) groups is 2. The maximum atomic E-state index is 12.1. The van der Waals surface area contributed by atoms with Crippen LogP contribution in [0.15, 0.2) is 18.2 Å². The van der Waals surface area contributed by atoms with E-state index in [1.807, 2.05) is 6.07 Å². The highest BCUT2D eigenvalue weighted by molar-refractivity contribution is 6.09. The Bertz CT molecular complexity index is 548. The minimum atomic E-state index is -0.506. The van der Waals surface area contributed by atoms with Gasteiger partial charge in [0.15, 0.2) is 0 Å². The molecule has 1 aliphatic heterocycles. The van der Waals surface area contributed by atoms with E-state index in [0.717, 1.165) is 22.4 Å². The fraction of sp³-hybridized carbons (Fsp3) is 0.467. The summed E-state index contributed by atoms with van der Waals surface area (Å²) in [6, 6.07) is 5.37. The molecule has 1 fully saturated rings. The third-order valence-corrected chi connectivity index (χ3v) is 4.02. The van der Waals surface area contributed by atoms with Crippen LogP contribution in [0.3, 0.4) is 0 Å². The predicted molar refractivity (Wildman–Crippen MR) is 69.5 cm³/mol. The zero-order valence-corrected chi connectivity index (χ0v) is 10.9. The standard InChI is InChI=1S/C15H17NO3/c1-16-14(18)8-10-4-5-11(7-12(10)15(16)19)13(17)6-9-2-3-9/h4-5,7,9,13,17H,2-3,6,8H2,1H3. The second kappa shape index (κ2) is 4.46. The Hall–Kier alpha value is -1.68. The molecule has 0 spiro atoms. The molecule has 4 nitrogen and oxygen atoms in total. The molecule has 1 atom stereocenters. The number of imide groups is 1. The van der Waals surface area contributed by atoms with Crippen molar-refractivity contribution in [2.75, 3.05) is 7.05 Å². The maximum absolute atomic E-state index is 12.1. The van der Waals surface area contributed by atoms with Gasteiger partial charge in [-0.2, -0.15) is 0 Å². The summed E-state index contributed by atoms with van der Waals surface area (Å²) < 4.78 is 0. The van der Waals surface area contributed by atoms with Gasteiger partial charge in [-0.25, -0.2) is 0 Å². The Morgan fingerprint density at radius 2 is 2.11 bits per heavy atom. The topological polar surface area (TPSA) is 57.6 Å². The van der Waals surface area contributed by atoms with Crippen LogP contribution >= 0.6 is 0 Å². The van der Waals surface area contributed by atoms with Crippen LogP contribution in [-0.4, -0.2) is 28.9 Å². The second-order valence-corrected chi connectivity index (χ2v) is 5.55. The van der Waals surface area contributed by atoms with Crippen molar-refractivity contribution in [3.8, 4) is 0 Å². The average Bonchev–Trinajstić information content (AvgIpc) is 3.19. The smallest absolute Gasteiger partial charge is 0.260 e. The first-order chi connectivity index (χ1) is 9.06. The molecule has 1 saturated carbocycles. The van der Waals surface area contributed by atoms with Crippen molar-refractivity contribution in [1.29, 1.82) is 0 Å². The number of aliphatic hydroxyl groups excluding tert-OH is 1. The summed E-state index contributed by atoms with van der Waals surface area (Å²) in [6.07, 6.45) is 2.91. The molecule has 4 heteroatoms. The molecule has 1 aromatic rings. The molecule has 100 valence electrons. The Balaban J connectivity index is 1.90. The lowest BCUT2D eigenvalue weighted by Gasteiger charge is -2.24. The van der Waals surface area contributed by atoms with Crippen molar-refractivity contribution in [2.45, 2.75) is 31.8 Å². The Morgan fingerprint density at radius 1 is 1.37 bits per heavy atom. The highest BCUT2D eigenvalue weighted by Gasteiger charge is 2.30. The molecule has 0 aromatic heterocycles.